The van der Waals surface area contributed by atoms with Gasteiger partial charge in [0.25, 0.3) is 5.91 Å². The minimum Gasteiger partial charge on any atom is -0.356 e. The second-order valence-corrected chi connectivity index (χ2v) is 4.87. The molecule has 0 atom stereocenters. The normalized spacial score (nSPS) is 10.3. The molecule has 0 saturated carbocycles. The van der Waals surface area contributed by atoms with E-state index in [1.165, 1.54) is 0 Å². The molecule has 2 heterocycles. The maximum atomic E-state index is 11.8. The molecule has 0 aliphatic carbocycles. The summed E-state index contributed by atoms with van der Waals surface area (Å²) in [4.78, 5) is 27.2. The summed E-state index contributed by atoms with van der Waals surface area (Å²) < 4.78 is 0. The van der Waals surface area contributed by atoms with Gasteiger partial charge in [-0.3, -0.25) is 9.59 Å². The van der Waals surface area contributed by atoms with E-state index in [-0.39, 0.29) is 11.7 Å². The number of carbonyl (C=O) groups is 2. The number of H-pyrrole nitrogens is 1. The highest BCUT2D eigenvalue weighted by Gasteiger charge is 2.11. The van der Waals surface area contributed by atoms with Crippen molar-refractivity contribution in [1.29, 1.82) is 0 Å². The van der Waals surface area contributed by atoms with E-state index in [0.29, 0.717) is 24.2 Å². The van der Waals surface area contributed by atoms with Crippen LogP contribution < -0.4 is 5.32 Å². The molecule has 2 rings (SSSR count). The third kappa shape index (κ3) is 2.87. The van der Waals surface area contributed by atoms with E-state index in [1.807, 2.05) is 17.5 Å². The molecule has 0 aromatic carbocycles. The third-order valence-corrected chi connectivity index (χ3v) is 3.45. The molecule has 0 unspecified atom stereocenters. The number of aromatic nitrogens is 1. The molecule has 2 aromatic rings. The Morgan fingerprint density at radius 2 is 2.28 bits per heavy atom. The van der Waals surface area contributed by atoms with E-state index < -0.39 is 0 Å². The SMILES string of the molecule is CCC(=O)c1c[nH]c(C(=O)NCc2cccs2)c1. The van der Waals surface area contributed by atoms with Crippen LogP contribution in [0.1, 0.15) is 39.1 Å². The van der Waals surface area contributed by atoms with E-state index in [0.717, 1.165) is 4.88 Å². The van der Waals surface area contributed by atoms with E-state index >= 15 is 0 Å². The van der Waals surface area contributed by atoms with Crippen molar-refractivity contribution >= 4 is 23.0 Å². The number of ketones is 1. The average Bonchev–Trinajstić information content (AvgIpc) is 3.05. The molecule has 18 heavy (non-hydrogen) atoms. The van der Waals surface area contributed by atoms with Gasteiger partial charge in [-0.2, -0.15) is 0 Å². The van der Waals surface area contributed by atoms with Gasteiger partial charge in [0.2, 0.25) is 0 Å². The lowest BCUT2D eigenvalue weighted by Crippen LogP contribution is -2.22. The predicted molar refractivity (Wildman–Crippen MR) is 70.9 cm³/mol. The van der Waals surface area contributed by atoms with Crippen molar-refractivity contribution in [3.05, 3.63) is 45.9 Å². The number of hydrogen-bond acceptors (Lipinski definition) is 3. The zero-order valence-electron chi connectivity index (χ0n) is 10.0. The largest absolute Gasteiger partial charge is 0.356 e. The summed E-state index contributed by atoms with van der Waals surface area (Å²) in [6, 6.07) is 5.50. The average molecular weight is 262 g/mol. The van der Waals surface area contributed by atoms with Crippen LogP contribution in [0, 0.1) is 0 Å². The molecule has 94 valence electrons. The fourth-order valence-electron chi connectivity index (χ4n) is 1.57. The van der Waals surface area contributed by atoms with Gasteiger partial charge < -0.3 is 10.3 Å². The smallest absolute Gasteiger partial charge is 0.268 e. The van der Waals surface area contributed by atoms with Gasteiger partial charge in [0.05, 0.1) is 6.54 Å². The van der Waals surface area contributed by atoms with Crippen molar-refractivity contribution in [3.8, 4) is 0 Å². The number of carbonyl (C=O) groups excluding carboxylic acids is 2. The first-order chi connectivity index (χ1) is 8.70. The lowest BCUT2D eigenvalue weighted by Gasteiger charge is -2.00. The van der Waals surface area contributed by atoms with Gasteiger partial charge in [-0.1, -0.05) is 13.0 Å². The Labute approximate surface area is 109 Å². The molecule has 5 heteroatoms. The Balaban J connectivity index is 1.96. The molecule has 0 radical (unpaired) electrons. The lowest BCUT2D eigenvalue weighted by atomic mass is 10.2. The van der Waals surface area contributed by atoms with E-state index in [9.17, 15) is 9.59 Å². The highest BCUT2D eigenvalue weighted by atomic mass is 32.1. The van der Waals surface area contributed by atoms with Gasteiger partial charge in [-0.25, -0.2) is 0 Å². The Morgan fingerprint density at radius 3 is 2.94 bits per heavy atom. The molecule has 0 bridgehead atoms. The van der Waals surface area contributed by atoms with Crippen LogP contribution in [0.2, 0.25) is 0 Å². The van der Waals surface area contributed by atoms with Crippen LogP contribution in [0.4, 0.5) is 0 Å². The molecule has 0 fully saturated rings. The number of Topliss-reactive ketones (excluding diaryl/α,β-unsaturated/α-hetero) is 1. The molecule has 4 nitrogen and oxygen atoms in total. The molecule has 2 N–H and O–H groups in total. The summed E-state index contributed by atoms with van der Waals surface area (Å²) in [6.45, 7) is 2.30. The van der Waals surface area contributed by atoms with Crippen molar-refractivity contribution in [2.75, 3.05) is 0 Å². The van der Waals surface area contributed by atoms with Crippen LogP contribution in [0.5, 0.6) is 0 Å². The van der Waals surface area contributed by atoms with Gasteiger partial charge in [-0.05, 0) is 17.5 Å². The highest BCUT2D eigenvalue weighted by Crippen LogP contribution is 2.09. The second-order valence-electron chi connectivity index (χ2n) is 3.84. The van der Waals surface area contributed by atoms with Crippen molar-refractivity contribution in [2.45, 2.75) is 19.9 Å². The Hall–Kier alpha value is -1.88. The molecule has 0 spiro atoms. The monoisotopic (exact) mass is 262 g/mol. The van der Waals surface area contributed by atoms with Gasteiger partial charge >= 0.3 is 0 Å². The number of nitrogens with one attached hydrogen (secondary N) is 2. The van der Waals surface area contributed by atoms with Crippen molar-refractivity contribution in [3.63, 3.8) is 0 Å². The lowest BCUT2D eigenvalue weighted by molar-refractivity contribution is 0.0946. The zero-order chi connectivity index (χ0) is 13.0. The molecule has 0 saturated heterocycles. The number of hydrogen-bond donors (Lipinski definition) is 2. The maximum Gasteiger partial charge on any atom is 0.268 e. The Morgan fingerprint density at radius 1 is 1.44 bits per heavy atom. The Kier molecular flexibility index (Phi) is 3.94. The summed E-state index contributed by atoms with van der Waals surface area (Å²) in [5.41, 5.74) is 0.974. The molecular weight excluding hydrogens is 248 g/mol. The molecule has 2 aromatic heterocycles. The van der Waals surface area contributed by atoms with Crippen molar-refractivity contribution in [1.82, 2.24) is 10.3 Å². The van der Waals surface area contributed by atoms with Gasteiger partial charge in [-0.15, -0.1) is 11.3 Å². The first-order valence-corrected chi connectivity index (χ1v) is 6.61. The minimum atomic E-state index is -0.196. The fraction of sp³-hybridized carbons (Fsp3) is 0.231. The van der Waals surface area contributed by atoms with Crippen LogP contribution >= 0.6 is 11.3 Å². The van der Waals surface area contributed by atoms with Crippen LogP contribution in [0.3, 0.4) is 0 Å². The fourth-order valence-corrected chi connectivity index (χ4v) is 2.21. The summed E-state index contributed by atoms with van der Waals surface area (Å²) in [6.07, 6.45) is 2.01. The summed E-state index contributed by atoms with van der Waals surface area (Å²) in [7, 11) is 0. The zero-order valence-corrected chi connectivity index (χ0v) is 10.8. The third-order valence-electron chi connectivity index (χ3n) is 2.57. The topological polar surface area (TPSA) is 62.0 Å². The minimum absolute atomic E-state index is 0.0311. The first-order valence-electron chi connectivity index (χ1n) is 5.73. The summed E-state index contributed by atoms with van der Waals surface area (Å²) >= 11 is 1.59. The number of amides is 1. The molecular formula is C13H14N2O2S. The number of aromatic amines is 1. The van der Waals surface area contributed by atoms with Gasteiger partial charge in [0.1, 0.15) is 5.69 Å². The molecule has 1 amide bonds. The molecule has 0 aliphatic heterocycles. The van der Waals surface area contributed by atoms with Crippen molar-refractivity contribution in [2.24, 2.45) is 0 Å². The predicted octanol–water partition coefficient (Wildman–Crippen LogP) is 2.60. The van der Waals surface area contributed by atoms with E-state index in [2.05, 4.69) is 10.3 Å². The highest BCUT2D eigenvalue weighted by molar-refractivity contribution is 7.09. The Bertz CT molecular complexity index is 543. The van der Waals surface area contributed by atoms with Crippen LogP contribution in [0.25, 0.3) is 0 Å². The van der Waals surface area contributed by atoms with Gasteiger partial charge in [0.15, 0.2) is 5.78 Å². The maximum absolute atomic E-state index is 11.8. The second kappa shape index (κ2) is 5.64. The van der Waals surface area contributed by atoms with Gasteiger partial charge in [0, 0.05) is 23.1 Å². The van der Waals surface area contributed by atoms with Crippen molar-refractivity contribution < 1.29 is 9.59 Å². The van der Waals surface area contributed by atoms with Crippen LogP contribution in [0.15, 0.2) is 29.8 Å². The number of thiophene rings is 1. The number of rotatable bonds is 5. The van der Waals surface area contributed by atoms with Crippen LogP contribution in [-0.4, -0.2) is 16.7 Å². The van der Waals surface area contributed by atoms with Crippen LogP contribution in [-0.2, 0) is 6.54 Å². The quantitative estimate of drug-likeness (QED) is 0.814. The standard InChI is InChI=1S/C13H14N2O2S/c1-2-12(16)9-6-11(14-7-9)13(17)15-8-10-4-3-5-18-10/h3-7,14H,2,8H2,1H3,(H,15,17). The first kappa shape index (κ1) is 12.6. The summed E-state index contributed by atoms with van der Waals surface area (Å²) in [5, 5.41) is 4.77. The summed E-state index contributed by atoms with van der Waals surface area (Å²) in [5.74, 6) is -0.165. The van der Waals surface area contributed by atoms with E-state index in [4.69, 9.17) is 0 Å². The molecule has 0 aliphatic rings. The van der Waals surface area contributed by atoms with E-state index in [1.54, 1.807) is 30.5 Å².